The Morgan fingerprint density at radius 2 is 1.90 bits per heavy atom. The summed E-state index contributed by atoms with van der Waals surface area (Å²) in [7, 11) is 1.28. The summed E-state index contributed by atoms with van der Waals surface area (Å²) >= 11 is 11.6. The third kappa shape index (κ3) is 4.58. The van der Waals surface area contributed by atoms with Crippen LogP contribution in [0.3, 0.4) is 0 Å². The fourth-order valence-corrected chi connectivity index (χ4v) is 1.61. The number of carbonyl (C=O) groups excluding carboxylic acids is 2. The van der Waals surface area contributed by atoms with Crippen molar-refractivity contribution in [3.8, 4) is 0 Å². The van der Waals surface area contributed by atoms with Crippen molar-refractivity contribution in [1.82, 2.24) is 0 Å². The molecular formula is C13H15Cl2NO4. The van der Waals surface area contributed by atoms with Crippen LogP contribution in [0.15, 0.2) is 18.2 Å². The normalized spacial score (nSPS) is 10.8. The zero-order valence-electron chi connectivity index (χ0n) is 11.3. The zero-order valence-corrected chi connectivity index (χ0v) is 12.8. The molecule has 0 atom stereocenters. The molecule has 0 bridgehead atoms. The lowest BCUT2D eigenvalue weighted by Gasteiger charge is -2.20. The number of hydrogen-bond acceptors (Lipinski definition) is 4. The van der Waals surface area contributed by atoms with Crippen molar-refractivity contribution >= 4 is 41.0 Å². The van der Waals surface area contributed by atoms with Crippen LogP contribution in [-0.2, 0) is 14.3 Å². The van der Waals surface area contributed by atoms with Gasteiger partial charge in [-0.15, -0.1) is 0 Å². The van der Waals surface area contributed by atoms with Gasteiger partial charge in [-0.25, -0.2) is 4.79 Å². The molecule has 1 aromatic carbocycles. The Bertz CT molecular complexity index is 517. The summed E-state index contributed by atoms with van der Waals surface area (Å²) in [5.74, 6) is -0.458. The molecule has 5 nitrogen and oxygen atoms in total. The van der Waals surface area contributed by atoms with E-state index in [0.29, 0.717) is 15.7 Å². The number of benzene rings is 1. The summed E-state index contributed by atoms with van der Waals surface area (Å²) in [6.45, 7) is 3.13. The number of esters is 1. The van der Waals surface area contributed by atoms with Crippen LogP contribution in [0.1, 0.15) is 13.8 Å². The average Bonchev–Trinajstić information content (AvgIpc) is 2.40. The van der Waals surface area contributed by atoms with Crippen LogP contribution in [0.25, 0.3) is 0 Å². The third-order valence-corrected chi connectivity index (χ3v) is 3.21. The van der Waals surface area contributed by atoms with Gasteiger partial charge in [-0.1, -0.05) is 23.2 Å². The molecule has 0 aliphatic heterocycles. The van der Waals surface area contributed by atoms with Gasteiger partial charge in [-0.3, -0.25) is 10.1 Å². The standard InChI is InChI=1S/C13H15Cl2NO4/c1-13(2,11(17)19-3)7-20-12(18)16-8-4-5-9(14)10(15)6-8/h4-6H,7H2,1-3H3,(H,16,18). The minimum Gasteiger partial charge on any atom is -0.469 e. The lowest BCUT2D eigenvalue weighted by atomic mass is 9.95. The van der Waals surface area contributed by atoms with Gasteiger partial charge in [0.2, 0.25) is 0 Å². The SMILES string of the molecule is COC(=O)C(C)(C)COC(=O)Nc1ccc(Cl)c(Cl)c1. The minimum absolute atomic E-state index is 0.104. The molecule has 1 rings (SSSR count). The van der Waals surface area contributed by atoms with E-state index in [1.807, 2.05) is 0 Å². The molecule has 7 heteroatoms. The minimum atomic E-state index is -0.913. The van der Waals surface area contributed by atoms with E-state index in [1.54, 1.807) is 26.0 Å². The van der Waals surface area contributed by atoms with Crippen molar-refractivity contribution in [1.29, 1.82) is 0 Å². The number of nitrogens with one attached hydrogen (secondary N) is 1. The number of rotatable bonds is 4. The maximum Gasteiger partial charge on any atom is 0.411 e. The molecule has 0 aliphatic carbocycles. The lowest BCUT2D eigenvalue weighted by Crippen LogP contribution is -2.32. The van der Waals surface area contributed by atoms with Crippen molar-refractivity contribution < 1.29 is 19.1 Å². The molecule has 110 valence electrons. The number of carbonyl (C=O) groups is 2. The molecule has 1 N–H and O–H groups in total. The number of hydrogen-bond donors (Lipinski definition) is 1. The number of amides is 1. The van der Waals surface area contributed by atoms with Crippen molar-refractivity contribution in [2.24, 2.45) is 5.41 Å². The van der Waals surface area contributed by atoms with E-state index >= 15 is 0 Å². The monoisotopic (exact) mass is 319 g/mol. The summed E-state index contributed by atoms with van der Waals surface area (Å²) in [5, 5.41) is 3.19. The quantitative estimate of drug-likeness (QED) is 0.858. The number of methoxy groups -OCH3 is 1. The first-order valence-electron chi connectivity index (χ1n) is 5.73. The van der Waals surface area contributed by atoms with Crippen LogP contribution in [-0.4, -0.2) is 25.8 Å². The second-order valence-corrected chi connectivity index (χ2v) is 5.52. The first-order valence-corrected chi connectivity index (χ1v) is 6.49. The maximum atomic E-state index is 11.6. The van der Waals surface area contributed by atoms with Crippen molar-refractivity contribution in [2.75, 3.05) is 19.0 Å². The van der Waals surface area contributed by atoms with Crippen molar-refractivity contribution in [3.63, 3.8) is 0 Å². The van der Waals surface area contributed by atoms with Gasteiger partial charge in [0.05, 0.1) is 22.6 Å². The summed E-state index contributed by atoms with van der Waals surface area (Å²) in [4.78, 5) is 23.0. The van der Waals surface area contributed by atoms with Crippen molar-refractivity contribution in [3.05, 3.63) is 28.2 Å². The van der Waals surface area contributed by atoms with Crippen molar-refractivity contribution in [2.45, 2.75) is 13.8 Å². The third-order valence-electron chi connectivity index (χ3n) is 2.47. The van der Waals surface area contributed by atoms with E-state index in [2.05, 4.69) is 10.1 Å². The molecule has 0 saturated carbocycles. The van der Waals surface area contributed by atoms with Crippen LogP contribution in [0, 0.1) is 5.41 Å². The van der Waals surface area contributed by atoms with Gasteiger partial charge >= 0.3 is 12.1 Å². The first kappa shape index (κ1) is 16.6. The molecule has 0 aromatic heterocycles. The fraction of sp³-hybridized carbons (Fsp3) is 0.385. The summed E-state index contributed by atoms with van der Waals surface area (Å²) < 4.78 is 9.59. The van der Waals surface area contributed by atoms with Gasteiger partial charge < -0.3 is 9.47 Å². The summed E-state index contributed by atoms with van der Waals surface area (Å²) in [6, 6.07) is 4.63. The van der Waals surface area contributed by atoms with Gasteiger partial charge in [-0.05, 0) is 32.0 Å². The number of halogens is 2. The summed E-state index contributed by atoms with van der Waals surface area (Å²) in [6.07, 6.45) is -0.694. The Kier molecular flexibility index (Phi) is 5.65. The molecule has 1 amide bonds. The highest BCUT2D eigenvalue weighted by Crippen LogP contribution is 2.25. The van der Waals surface area contributed by atoms with Crippen LogP contribution in [0.5, 0.6) is 0 Å². The van der Waals surface area contributed by atoms with E-state index in [-0.39, 0.29) is 6.61 Å². The van der Waals surface area contributed by atoms with Gasteiger partial charge in [-0.2, -0.15) is 0 Å². The van der Waals surface area contributed by atoms with E-state index in [9.17, 15) is 9.59 Å². The average molecular weight is 320 g/mol. The first-order chi connectivity index (χ1) is 9.26. The topological polar surface area (TPSA) is 64.6 Å². The van der Waals surface area contributed by atoms with Gasteiger partial charge in [0.15, 0.2) is 0 Å². The maximum absolute atomic E-state index is 11.6. The van der Waals surface area contributed by atoms with E-state index < -0.39 is 17.5 Å². The van der Waals surface area contributed by atoms with Gasteiger partial charge in [0.25, 0.3) is 0 Å². The van der Waals surface area contributed by atoms with E-state index in [0.717, 1.165) is 0 Å². The molecule has 0 fully saturated rings. The predicted octanol–water partition coefficient (Wildman–Crippen LogP) is 3.74. The van der Waals surface area contributed by atoms with Crippen LogP contribution < -0.4 is 5.32 Å². The molecular weight excluding hydrogens is 305 g/mol. The molecule has 0 radical (unpaired) electrons. The lowest BCUT2D eigenvalue weighted by molar-refractivity contribution is -0.152. The van der Waals surface area contributed by atoms with Crippen LogP contribution in [0.4, 0.5) is 10.5 Å². The molecule has 0 spiro atoms. The molecule has 0 heterocycles. The highest BCUT2D eigenvalue weighted by Gasteiger charge is 2.30. The Labute approximate surface area is 127 Å². The van der Waals surface area contributed by atoms with Gasteiger partial charge in [0, 0.05) is 5.69 Å². The molecule has 0 saturated heterocycles. The molecule has 0 aliphatic rings. The number of anilines is 1. The predicted molar refractivity (Wildman–Crippen MR) is 77.2 cm³/mol. The smallest absolute Gasteiger partial charge is 0.411 e. The Hall–Kier alpha value is -1.46. The fourth-order valence-electron chi connectivity index (χ4n) is 1.31. The Balaban J connectivity index is 2.56. The largest absolute Gasteiger partial charge is 0.469 e. The number of ether oxygens (including phenoxy) is 2. The Morgan fingerprint density at radius 1 is 1.25 bits per heavy atom. The second kappa shape index (κ2) is 6.81. The molecule has 1 aromatic rings. The van der Waals surface area contributed by atoms with Gasteiger partial charge in [0.1, 0.15) is 6.61 Å². The molecule has 0 unspecified atom stereocenters. The van der Waals surface area contributed by atoms with E-state index in [4.69, 9.17) is 27.9 Å². The summed E-state index contributed by atoms with van der Waals surface area (Å²) in [5.41, 5.74) is -0.468. The highest BCUT2D eigenvalue weighted by atomic mass is 35.5. The zero-order chi connectivity index (χ0) is 15.3. The van der Waals surface area contributed by atoms with E-state index in [1.165, 1.54) is 13.2 Å². The molecule has 20 heavy (non-hydrogen) atoms. The van der Waals surface area contributed by atoms with Crippen LogP contribution >= 0.6 is 23.2 Å². The Morgan fingerprint density at radius 3 is 2.45 bits per heavy atom. The highest BCUT2D eigenvalue weighted by molar-refractivity contribution is 6.42. The van der Waals surface area contributed by atoms with Crippen LogP contribution in [0.2, 0.25) is 10.0 Å². The second-order valence-electron chi connectivity index (χ2n) is 4.71.